The molecular formula is C18H24N2O3S2. The minimum Gasteiger partial charge on any atom is -0.462 e. The topological polar surface area (TPSA) is 80.1 Å². The summed E-state index contributed by atoms with van der Waals surface area (Å²) >= 11 is 0. The highest BCUT2D eigenvalue weighted by Gasteiger charge is 2.19. The van der Waals surface area contributed by atoms with Crippen LogP contribution in [0.4, 0.5) is 0 Å². The molecule has 136 valence electrons. The minimum absolute atomic E-state index is 0.0854. The third-order valence-electron chi connectivity index (χ3n) is 3.94. The van der Waals surface area contributed by atoms with Gasteiger partial charge in [-0.05, 0) is 61.5 Å². The van der Waals surface area contributed by atoms with E-state index >= 15 is 0 Å². The van der Waals surface area contributed by atoms with E-state index in [4.69, 9.17) is 10.1 Å². The number of hydrogen-bond donors (Lipinski definition) is 1. The van der Waals surface area contributed by atoms with Crippen molar-refractivity contribution in [3.63, 3.8) is 0 Å². The maximum atomic E-state index is 11.9. The highest BCUT2D eigenvalue weighted by Crippen LogP contribution is 2.29. The summed E-state index contributed by atoms with van der Waals surface area (Å²) in [6.07, 6.45) is 7.50. The van der Waals surface area contributed by atoms with Crippen molar-refractivity contribution in [3.8, 4) is 0 Å². The Morgan fingerprint density at radius 2 is 2.00 bits per heavy atom. The van der Waals surface area contributed by atoms with E-state index in [0.29, 0.717) is 25.0 Å². The SMILES string of the molecule is N=C(CCCC(=O)OC1CCCC1)C(=O)CCSSc1ccccn1. The molecule has 1 aromatic heterocycles. The molecule has 0 radical (unpaired) electrons. The molecule has 5 nitrogen and oxygen atoms in total. The fraction of sp³-hybridized carbons (Fsp3) is 0.556. The van der Waals surface area contributed by atoms with E-state index in [1.165, 1.54) is 10.8 Å². The van der Waals surface area contributed by atoms with Crippen LogP contribution in [0.15, 0.2) is 29.4 Å². The Morgan fingerprint density at radius 3 is 2.72 bits per heavy atom. The lowest BCUT2D eigenvalue weighted by Gasteiger charge is -2.11. The Hall–Kier alpha value is -1.34. The molecule has 1 fully saturated rings. The second-order valence-electron chi connectivity index (χ2n) is 5.97. The van der Waals surface area contributed by atoms with E-state index in [0.717, 1.165) is 30.7 Å². The first-order valence-corrected chi connectivity index (χ1v) is 11.0. The zero-order valence-electron chi connectivity index (χ0n) is 14.2. The smallest absolute Gasteiger partial charge is 0.306 e. The number of Topliss-reactive ketones (excluding diaryl/α,β-unsaturated/α-hetero) is 1. The quantitative estimate of drug-likeness (QED) is 0.264. The lowest BCUT2D eigenvalue weighted by atomic mass is 10.1. The average molecular weight is 381 g/mol. The highest BCUT2D eigenvalue weighted by atomic mass is 33.1. The number of nitrogens with one attached hydrogen (secondary N) is 1. The van der Waals surface area contributed by atoms with Crippen LogP contribution in [0.5, 0.6) is 0 Å². The third-order valence-corrected chi connectivity index (χ3v) is 6.21. The Kier molecular flexibility index (Phi) is 9.04. The van der Waals surface area contributed by atoms with Gasteiger partial charge in [-0.2, -0.15) is 0 Å². The maximum absolute atomic E-state index is 11.9. The molecule has 0 aliphatic heterocycles. The van der Waals surface area contributed by atoms with E-state index in [-0.39, 0.29) is 30.0 Å². The Bertz CT molecular complexity index is 575. The van der Waals surface area contributed by atoms with Gasteiger partial charge in [-0.3, -0.25) is 9.59 Å². The predicted octanol–water partition coefficient (Wildman–Crippen LogP) is 4.46. The van der Waals surface area contributed by atoms with E-state index in [2.05, 4.69) is 4.98 Å². The highest BCUT2D eigenvalue weighted by molar-refractivity contribution is 8.76. The molecule has 0 unspecified atom stereocenters. The van der Waals surface area contributed by atoms with E-state index in [1.54, 1.807) is 17.0 Å². The number of carbonyl (C=O) groups is 2. The van der Waals surface area contributed by atoms with Gasteiger partial charge in [-0.15, -0.1) is 0 Å². The van der Waals surface area contributed by atoms with Gasteiger partial charge in [-0.25, -0.2) is 4.98 Å². The summed E-state index contributed by atoms with van der Waals surface area (Å²) in [6, 6.07) is 5.71. The fourth-order valence-electron chi connectivity index (χ4n) is 2.58. The molecule has 1 heterocycles. The van der Waals surface area contributed by atoms with Crippen LogP contribution in [0.2, 0.25) is 0 Å². The summed E-state index contributed by atoms with van der Waals surface area (Å²) in [5.41, 5.74) is 0.108. The van der Waals surface area contributed by atoms with Crippen LogP contribution in [0.1, 0.15) is 51.4 Å². The molecular weight excluding hydrogens is 356 g/mol. The molecule has 1 N–H and O–H groups in total. The van der Waals surface area contributed by atoms with Crippen LogP contribution in [-0.2, 0) is 14.3 Å². The van der Waals surface area contributed by atoms with Gasteiger partial charge in [0.25, 0.3) is 0 Å². The molecule has 1 aliphatic rings. The number of aromatic nitrogens is 1. The van der Waals surface area contributed by atoms with Crippen LogP contribution in [0.3, 0.4) is 0 Å². The van der Waals surface area contributed by atoms with E-state index in [9.17, 15) is 9.59 Å². The van der Waals surface area contributed by atoms with Gasteiger partial charge in [-0.1, -0.05) is 16.9 Å². The Morgan fingerprint density at radius 1 is 1.20 bits per heavy atom. The van der Waals surface area contributed by atoms with Crippen molar-refractivity contribution in [1.82, 2.24) is 4.98 Å². The number of esters is 1. The largest absolute Gasteiger partial charge is 0.462 e. The average Bonchev–Trinajstić information content (AvgIpc) is 3.12. The first-order valence-electron chi connectivity index (χ1n) is 8.66. The molecule has 1 aliphatic carbocycles. The van der Waals surface area contributed by atoms with Gasteiger partial charge >= 0.3 is 5.97 Å². The fourth-order valence-corrected chi connectivity index (χ4v) is 4.45. The summed E-state index contributed by atoms with van der Waals surface area (Å²) in [5.74, 6) is 0.305. The predicted molar refractivity (Wildman–Crippen MR) is 102 cm³/mol. The van der Waals surface area contributed by atoms with Gasteiger partial charge in [0.05, 0.1) is 5.71 Å². The van der Waals surface area contributed by atoms with Crippen molar-refractivity contribution < 1.29 is 14.3 Å². The monoisotopic (exact) mass is 380 g/mol. The van der Waals surface area contributed by atoms with Crippen LogP contribution in [-0.4, -0.2) is 34.3 Å². The summed E-state index contributed by atoms with van der Waals surface area (Å²) in [5, 5.41) is 8.75. The van der Waals surface area contributed by atoms with Gasteiger partial charge in [0, 0.05) is 24.8 Å². The van der Waals surface area contributed by atoms with Gasteiger partial charge < -0.3 is 10.1 Å². The Balaban J connectivity index is 1.52. The van der Waals surface area contributed by atoms with Crippen LogP contribution < -0.4 is 0 Å². The van der Waals surface area contributed by atoms with Crippen molar-refractivity contribution in [2.45, 2.75) is 62.5 Å². The first kappa shape index (κ1) is 20.0. The maximum Gasteiger partial charge on any atom is 0.306 e. The van der Waals surface area contributed by atoms with Crippen LogP contribution in [0, 0.1) is 5.41 Å². The number of ether oxygens (including phenoxy) is 1. The molecule has 25 heavy (non-hydrogen) atoms. The van der Waals surface area contributed by atoms with E-state index < -0.39 is 0 Å². The van der Waals surface area contributed by atoms with Gasteiger partial charge in [0.15, 0.2) is 5.78 Å². The molecule has 2 rings (SSSR count). The summed E-state index contributed by atoms with van der Waals surface area (Å²) < 4.78 is 5.37. The molecule has 1 saturated carbocycles. The number of carbonyl (C=O) groups excluding carboxylic acids is 2. The zero-order valence-corrected chi connectivity index (χ0v) is 15.9. The zero-order chi connectivity index (χ0) is 17.9. The van der Waals surface area contributed by atoms with Crippen molar-refractivity contribution >= 4 is 39.1 Å². The lowest BCUT2D eigenvalue weighted by Crippen LogP contribution is -2.16. The van der Waals surface area contributed by atoms with Crippen molar-refractivity contribution in [3.05, 3.63) is 24.4 Å². The molecule has 0 spiro atoms. The molecule has 0 bridgehead atoms. The summed E-state index contributed by atoms with van der Waals surface area (Å²) in [7, 11) is 3.09. The Labute approximate surface area is 156 Å². The molecule has 0 atom stereocenters. The van der Waals surface area contributed by atoms with E-state index in [1.807, 2.05) is 18.2 Å². The number of rotatable bonds is 11. The molecule has 1 aromatic rings. The third kappa shape index (κ3) is 8.05. The van der Waals surface area contributed by atoms with Gasteiger partial charge in [0.1, 0.15) is 11.1 Å². The lowest BCUT2D eigenvalue weighted by molar-refractivity contribution is -0.148. The van der Waals surface area contributed by atoms with Crippen molar-refractivity contribution in [2.24, 2.45) is 0 Å². The number of nitrogens with zero attached hydrogens (tertiary/aromatic N) is 1. The van der Waals surface area contributed by atoms with Gasteiger partial charge in [0.2, 0.25) is 0 Å². The number of hydrogen-bond acceptors (Lipinski definition) is 7. The van der Waals surface area contributed by atoms with Crippen LogP contribution in [0.25, 0.3) is 0 Å². The molecule has 0 saturated heterocycles. The second-order valence-corrected chi connectivity index (χ2v) is 8.41. The second kappa shape index (κ2) is 11.3. The first-order chi connectivity index (χ1) is 12.1. The molecule has 7 heteroatoms. The minimum atomic E-state index is -0.200. The number of ketones is 1. The summed E-state index contributed by atoms with van der Waals surface area (Å²) in [6.45, 7) is 0. The standard InChI is InChI=1S/C18H24N2O3S2/c19-15(8-5-10-18(22)23-14-6-1-2-7-14)16(21)11-13-24-25-17-9-3-4-12-20-17/h3-4,9,12,14,19H,1-2,5-8,10-11,13H2. The molecule has 0 amide bonds. The number of pyridine rings is 1. The normalized spacial score (nSPS) is 14.4. The van der Waals surface area contributed by atoms with Crippen LogP contribution >= 0.6 is 21.6 Å². The molecule has 0 aromatic carbocycles. The van der Waals surface area contributed by atoms with Crippen molar-refractivity contribution in [1.29, 1.82) is 5.41 Å². The van der Waals surface area contributed by atoms with Crippen molar-refractivity contribution in [2.75, 3.05) is 5.75 Å². The summed E-state index contributed by atoms with van der Waals surface area (Å²) in [4.78, 5) is 27.8.